The van der Waals surface area contributed by atoms with Crippen molar-refractivity contribution in [3.8, 4) is 45.3 Å². The Labute approximate surface area is 297 Å². The number of nitrogens with zero attached hydrogens (tertiary/aromatic N) is 3. The van der Waals surface area contributed by atoms with Crippen molar-refractivity contribution < 1.29 is 8.83 Å². The van der Waals surface area contributed by atoms with Gasteiger partial charge in [0.1, 0.15) is 22.3 Å². The van der Waals surface area contributed by atoms with E-state index in [1.165, 1.54) is 0 Å². The van der Waals surface area contributed by atoms with E-state index in [0.29, 0.717) is 17.5 Å². The van der Waals surface area contributed by atoms with Crippen LogP contribution >= 0.6 is 0 Å². The molecule has 0 atom stereocenters. The van der Waals surface area contributed by atoms with Crippen molar-refractivity contribution in [3.63, 3.8) is 0 Å². The van der Waals surface area contributed by atoms with Crippen LogP contribution in [0.4, 0.5) is 0 Å². The van der Waals surface area contributed by atoms with Gasteiger partial charge in [0.15, 0.2) is 17.5 Å². The van der Waals surface area contributed by atoms with Crippen molar-refractivity contribution in [1.82, 2.24) is 15.0 Å². The van der Waals surface area contributed by atoms with Crippen LogP contribution in [-0.4, -0.2) is 15.0 Å². The predicted molar refractivity (Wildman–Crippen MR) is 211 cm³/mol. The average molecular weight is 666 g/mol. The van der Waals surface area contributed by atoms with E-state index in [1.54, 1.807) is 0 Å². The van der Waals surface area contributed by atoms with Crippen LogP contribution in [-0.2, 0) is 0 Å². The number of hydrogen-bond acceptors (Lipinski definition) is 5. The molecule has 0 aliphatic rings. The van der Waals surface area contributed by atoms with Gasteiger partial charge in [-0.1, -0.05) is 121 Å². The zero-order valence-corrected chi connectivity index (χ0v) is 27.7. The van der Waals surface area contributed by atoms with Crippen LogP contribution in [0.5, 0.6) is 0 Å². The molecule has 0 bridgehead atoms. The Morgan fingerprint density at radius 2 is 0.942 bits per heavy atom. The third-order valence-corrected chi connectivity index (χ3v) is 10.1. The topological polar surface area (TPSA) is 65.0 Å². The fraction of sp³-hybridized carbons (Fsp3) is 0. The van der Waals surface area contributed by atoms with E-state index in [0.717, 1.165) is 93.2 Å². The fourth-order valence-electron chi connectivity index (χ4n) is 7.59. The summed E-state index contributed by atoms with van der Waals surface area (Å²) in [6, 6.07) is 56.3. The summed E-state index contributed by atoms with van der Waals surface area (Å²) >= 11 is 0. The van der Waals surface area contributed by atoms with E-state index in [2.05, 4.69) is 133 Å². The molecule has 0 fully saturated rings. The highest BCUT2D eigenvalue weighted by molar-refractivity contribution is 6.19. The van der Waals surface area contributed by atoms with E-state index in [-0.39, 0.29) is 0 Å². The summed E-state index contributed by atoms with van der Waals surface area (Å²) < 4.78 is 12.7. The lowest BCUT2D eigenvalue weighted by Crippen LogP contribution is -2.00. The number of benzene rings is 8. The van der Waals surface area contributed by atoms with Crippen LogP contribution in [0.25, 0.3) is 111 Å². The summed E-state index contributed by atoms with van der Waals surface area (Å²) in [5, 5.41) is 8.66. The zero-order valence-electron chi connectivity index (χ0n) is 27.7. The molecule has 0 aliphatic carbocycles. The molecule has 0 radical (unpaired) electrons. The van der Waals surface area contributed by atoms with E-state index >= 15 is 0 Å². The van der Waals surface area contributed by atoms with E-state index in [4.69, 9.17) is 23.8 Å². The first-order chi connectivity index (χ1) is 25.7. The molecule has 242 valence electrons. The molecule has 0 unspecified atom stereocenters. The highest BCUT2D eigenvalue weighted by atomic mass is 16.3. The first kappa shape index (κ1) is 28.7. The van der Waals surface area contributed by atoms with Crippen molar-refractivity contribution in [2.24, 2.45) is 0 Å². The molecule has 0 N–H and O–H groups in total. The van der Waals surface area contributed by atoms with Crippen LogP contribution < -0.4 is 0 Å². The molecule has 0 saturated heterocycles. The smallest absolute Gasteiger partial charge is 0.164 e. The Hall–Kier alpha value is -7.11. The van der Waals surface area contributed by atoms with Crippen molar-refractivity contribution in [2.45, 2.75) is 0 Å². The van der Waals surface area contributed by atoms with Gasteiger partial charge < -0.3 is 8.83 Å². The molecule has 11 rings (SSSR count). The monoisotopic (exact) mass is 665 g/mol. The van der Waals surface area contributed by atoms with Gasteiger partial charge in [-0.15, -0.1) is 0 Å². The van der Waals surface area contributed by atoms with Gasteiger partial charge in [-0.05, 0) is 75.1 Å². The minimum absolute atomic E-state index is 0.584. The largest absolute Gasteiger partial charge is 0.456 e. The molecule has 52 heavy (non-hydrogen) atoms. The highest BCUT2D eigenvalue weighted by Gasteiger charge is 2.19. The lowest BCUT2D eigenvalue weighted by molar-refractivity contribution is 0.669. The van der Waals surface area contributed by atoms with Gasteiger partial charge in [-0.3, -0.25) is 0 Å². The van der Waals surface area contributed by atoms with Crippen molar-refractivity contribution in [2.75, 3.05) is 0 Å². The molecule has 0 aliphatic heterocycles. The van der Waals surface area contributed by atoms with Gasteiger partial charge in [0.2, 0.25) is 0 Å². The van der Waals surface area contributed by atoms with Gasteiger partial charge in [0.25, 0.3) is 0 Å². The molecule has 5 nitrogen and oxygen atoms in total. The van der Waals surface area contributed by atoms with Crippen LogP contribution in [0.15, 0.2) is 173 Å². The Balaban J connectivity index is 1.15. The molecule has 3 heterocycles. The normalized spacial score (nSPS) is 11.8. The summed E-state index contributed by atoms with van der Waals surface area (Å²) in [6.07, 6.45) is 0. The van der Waals surface area contributed by atoms with Gasteiger partial charge in [-0.2, -0.15) is 0 Å². The first-order valence-electron chi connectivity index (χ1n) is 17.3. The second kappa shape index (κ2) is 11.2. The van der Waals surface area contributed by atoms with E-state index in [9.17, 15) is 0 Å². The number of hydrogen-bond donors (Lipinski definition) is 0. The zero-order chi connectivity index (χ0) is 34.2. The second-order valence-corrected chi connectivity index (χ2v) is 13.2. The highest BCUT2D eigenvalue weighted by Crippen LogP contribution is 2.40. The van der Waals surface area contributed by atoms with Gasteiger partial charge >= 0.3 is 0 Å². The van der Waals surface area contributed by atoms with Gasteiger partial charge in [0, 0.05) is 38.2 Å². The van der Waals surface area contributed by atoms with Crippen LogP contribution in [0.3, 0.4) is 0 Å². The van der Waals surface area contributed by atoms with Crippen molar-refractivity contribution >= 4 is 65.4 Å². The minimum atomic E-state index is 0.584. The SMILES string of the molecule is c1ccc(-c2ccc3c(c2)oc2cccc(-c4nc(-c5ccc6ccccc6c5)nc(-c5ccc6ccc7oc8ccccc8c7c6c5)n4)c23)cc1. The standard InChI is InChI=1S/C47H27N3O2/c1-2-9-28(10-3-1)32-21-23-36-42(27-32)52-40-16-8-14-37(43(36)40)47-49-45(33-19-17-29-11-4-5-12-31(29)25-33)48-46(50-47)34-20-18-30-22-24-41-44(38(30)26-34)35-13-6-7-15-39(35)51-41/h1-27H. The Kier molecular flexibility index (Phi) is 6.18. The minimum Gasteiger partial charge on any atom is -0.456 e. The van der Waals surface area contributed by atoms with Crippen LogP contribution in [0.1, 0.15) is 0 Å². The summed E-state index contributed by atoms with van der Waals surface area (Å²) in [5.74, 6) is 1.78. The summed E-state index contributed by atoms with van der Waals surface area (Å²) in [4.78, 5) is 15.5. The van der Waals surface area contributed by atoms with Gasteiger partial charge in [-0.25, -0.2) is 15.0 Å². The Bertz CT molecular complexity index is 3190. The maximum absolute atomic E-state index is 6.49. The van der Waals surface area contributed by atoms with Crippen molar-refractivity contribution in [1.29, 1.82) is 0 Å². The molecular weight excluding hydrogens is 639 g/mol. The first-order valence-corrected chi connectivity index (χ1v) is 17.3. The van der Waals surface area contributed by atoms with E-state index in [1.807, 2.05) is 30.3 Å². The second-order valence-electron chi connectivity index (χ2n) is 13.2. The average Bonchev–Trinajstić information content (AvgIpc) is 3.79. The van der Waals surface area contributed by atoms with E-state index < -0.39 is 0 Å². The molecule has 5 heteroatoms. The predicted octanol–water partition coefficient (Wildman–Crippen LogP) is 12.6. The maximum Gasteiger partial charge on any atom is 0.164 e. The molecule has 8 aromatic carbocycles. The molecule has 0 spiro atoms. The molecule has 0 saturated carbocycles. The lowest BCUT2D eigenvalue weighted by atomic mass is 10.0. The fourth-order valence-corrected chi connectivity index (χ4v) is 7.59. The number of furan rings is 2. The third kappa shape index (κ3) is 4.53. The molecule has 11 aromatic rings. The van der Waals surface area contributed by atoms with Crippen molar-refractivity contribution in [3.05, 3.63) is 164 Å². The summed E-state index contributed by atoms with van der Waals surface area (Å²) in [6.45, 7) is 0. The summed E-state index contributed by atoms with van der Waals surface area (Å²) in [7, 11) is 0. The Morgan fingerprint density at radius 3 is 1.83 bits per heavy atom. The summed E-state index contributed by atoms with van der Waals surface area (Å²) in [5.41, 5.74) is 8.27. The molecule has 0 amide bonds. The van der Waals surface area contributed by atoms with Gasteiger partial charge in [0.05, 0.1) is 0 Å². The van der Waals surface area contributed by atoms with Crippen LogP contribution in [0, 0.1) is 0 Å². The number of rotatable bonds is 4. The molecular formula is C47H27N3O2. The number of fused-ring (bicyclic) bond motifs is 9. The molecule has 3 aromatic heterocycles. The lowest BCUT2D eigenvalue weighted by Gasteiger charge is -2.11. The number of aromatic nitrogens is 3. The Morgan fingerprint density at radius 1 is 0.308 bits per heavy atom. The third-order valence-electron chi connectivity index (χ3n) is 10.1. The quantitative estimate of drug-likeness (QED) is 0.187. The maximum atomic E-state index is 6.49. The van der Waals surface area contributed by atoms with Crippen LogP contribution in [0.2, 0.25) is 0 Å². The number of para-hydroxylation sites is 1.